The van der Waals surface area contributed by atoms with E-state index >= 15 is 0 Å². The molecule has 7 nitrogen and oxygen atoms in total. The van der Waals surface area contributed by atoms with E-state index in [1.54, 1.807) is 18.0 Å². The molecule has 4 rings (SSSR count). The van der Waals surface area contributed by atoms with Crippen molar-refractivity contribution in [2.45, 2.75) is 30.4 Å². The van der Waals surface area contributed by atoms with Crippen LogP contribution in [0.1, 0.15) is 13.8 Å². The largest absolute Gasteiger partial charge is 0.464 e. The van der Waals surface area contributed by atoms with E-state index in [0.717, 1.165) is 49.9 Å². The lowest BCUT2D eigenvalue weighted by Gasteiger charge is -2.11. The fourth-order valence-electron chi connectivity index (χ4n) is 2.94. The van der Waals surface area contributed by atoms with Crippen molar-refractivity contribution in [3.8, 4) is 0 Å². The molecule has 0 atom stereocenters. The molecule has 3 aromatic heterocycles. The van der Waals surface area contributed by atoms with Gasteiger partial charge in [-0.05, 0) is 53.3 Å². The number of hydrogen-bond acceptors (Lipinski definition) is 7. The second-order valence-corrected chi connectivity index (χ2v) is 9.09. The number of nitrogens with zero attached hydrogens (tertiary/aromatic N) is 4. The molecule has 28 heavy (non-hydrogen) atoms. The predicted octanol–water partition coefficient (Wildman–Crippen LogP) is 4.16. The van der Waals surface area contributed by atoms with Gasteiger partial charge in [-0.1, -0.05) is 25.6 Å². The van der Waals surface area contributed by atoms with Crippen LogP contribution in [-0.4, -0.2) is 32.6 Å². The van der Waals surface area contributed by atoms with Gasteiger partial charge >= 0.3 is 0 Å². The molecule has 0 fully saturated rings. The maximum atomic E-state index is 6.05. The van der Waals surface area contributed by atoms with Gasteiger partial charge in [0.25, 0.3) is 0 Å². The van der Waals surface area contributed by atoms with Crippen molar-refractivity contribution in [1.82, 2.24) is 24.8 Å². The second kappa shape index (κ2) is 8.26. The van der Waals surface area contributed by atoms with Gasteiger partial charge in [-0.2, -0.15) is 0 Å². The molecule has 146 valence electrons. The average molecular weight is 508 g/mol. The van der Waals surface area contributed by atoms with E-state index in [1.165, 1.54) is 6.33 Å². The van der Waals surface area contributed by atoms with E-state index < -0.39 is 0 Å². The molecule has 3 heterocycles. The molecular weight excluding hydrogens is 487 g/mol. The highest BCUT2D eigenvalue weighted by molar-refractivity contribution is 14.1. The molecule has 0 unspecified atom stereocenters. The Hall–Kier alpha value is -1.85. The summed E-state index contributed by atoms with van der Waals surface area (Å²) in [5, 5.41) is 5.41. The third kappa shape index (κ3) is 3.96. The van der Waals surface area contributed by atoms with Gasteiger partial charge in [-0.15, -0.1) is 0 Å². The van der Waals surface area contributed by atoms with E-state index in [0.29, 0.717) is 17.3 Å². The quantitative estimate of drug-likeness (QED) is 0.286. The second-order valence-electron chi connectivity index (χ2n) is 6.92. The Morgan fingerprint density at radius 3 is 3.00 bits per heavy atom. The van der Waals surface area contributed by atoms with Gasteiger partial charge in [0, 0.05) is 26.9 Å². The summed E-state index contributed by atoms with van der Waals surface area (Å²) in [7, 11) is 0. The number of anilines is 1. The van der Waals surface area contributed by atoms with Gasteiger partial charge in [0.05, 0.1) is 6.26 Å². The van der Waals surface area contributed by atoms with Crippen molar-refractivity contribution in [2.24, 2.45) is 5.92 Å². The average Bonchev–Trinajstić information content (AvgIpc) is 3.24. The molecule has 0 radical (unpaired) electrons. The van der Waals surface area contributed by atoms with Gasteiger partial charge in [0.1, 0.15) is 11.9 Å². The van der Waals surface area contributed by atoms with Crippen LogP contribution >= 0.6 is 34.4 Å². The number of hydrogen-bond donors (Lipinski definition) is 2. The van der Waals surface area contributed by atoms with E-state index in [4.69, 9.17) is 15.1 Å². The molecule has 9 heteroatoms. The molecule has 0 amide bonds. The summed E-state index contributed by atoms with van der Waals surface area (Å²) >= 11 is 3.94. The Balaban J connectivity index is 1.69. The molecule has 0 aliphatic heterocycles. The zero-order valence-electron chi connectivity index (χ0n) is 15.6. The predicted molar refractivity (Wildman–Crippen MR) is 120 cm³/mol. The summed E-state index contributed by atoms with van der Waals surface area (Å²) in [5.41, 5.74) is 8.35. The number of nitrogens with one attached hydrogen (secondary N) is 1. The number of furan rings is 1. The van der Waals surface area contributed by atoms with Gasteiger partial charge < -0.3 is 20.0 Å². The highest BCUT2D eigenvalue weighted by atomic mass is 127. The Bertz CT molecular complexity index is 1120. The van der Waals surface area contributed by atoms with Gasteiger partial charge in [-0.25, -0.2) is 15.0 Å². The molecule has 0 saturated heterocycles. The van der Waals surface area contributed by atoms with Crippen molar-refractivity contribution in [1.29, 1.82) is 0 Å². The van der Waals surface area contributed by atoms with Crippen LogP contribution in [0.4, 0.5) is 5.82 Å². The minimum Gasteiger partial charge on any atom is -0.464 e. The normalized spacial score (nSPS) is 11.9. The number of aromatic nitrogens is 4. The van der Waals surface area contributed by atoms with Gasteiger partial charge in [-0.3, -0.25) is 0 Å². The Morgan fingerprint density at radius 1 is 1.32 bits per heavy atom. The van der Waals surface area contributed by atoms with Crippen LogP contribution in [0, 0.1) is 9.49 Å². The molecule has 1 aromatic carbocycles. The Morgan fingerprint density at radius 2 is 2.18 bits per heavy atom. The fraction of sp³-hybridized carbons (Fsp3) is 0.316. The van der Waals surface area contributed by atoms with Crippen LogP contribution in [0.2, 0.25) is 0 Å². The van der Waals surface area contributed by atoms with Crippen molar-refractivity contribution < 1.29 is 4.42 Å². The molecule has 0 saturated carbocycles. The highest BCUT2D eigenvalue weighted by Gasteiger charge is 2.17. The third-order valence-corrected chi connectivity index (χ3v) is 6.61. The van der Waals surface area contributed by atoms with Crippen molar-refractivity contribution in [2.75, 3.05) is 18.8 Å². The number of imidazole rings is 1. The lowest BCUT2D eigenvalue weighted by Crippen LogP contribution is -2.24. The van der Waals surface area contributed by atoms with E-state index in [2.05, 4.69) is 62.4 Å². The number of rotatable bonds is 7. The molecule has 0 spiro atoms. The number of halogens is 1. The minimum atomic E-state index is 0.403. The van der Waals surface area contributed by atoms with Crippen molar-refractivity contribution >= 4 is 62.3 Å². The number of nitrogens with two attached hydrogens (primary N) is 1. The van der Waals surface area contributed by atoms with Gasteiger partial charge in [0.15, 0.2) is 22.1 Å². The van der Waals surface area contributed by atoms with Crippen LogP contribution in [-0.2, 0) is 6.54 Å². The summed E-state index contributed by atoms with van der Waals surface area (Å²) in [4.78, 5) is 14.4. The summed E-state index contributed by atoms with van der Waals surface area (Å²) in [6.07, 6.45) is 3.20. The van der Waals surface area contributed by atoms with Crippen molar-refractivity contribution in [3.63, 3.8) is 0 Å². The first kappa shape index (κ1) is 19.5. The molecule has 0 aliphatic carbocycles. The Kier molecular flexibility index (Phi) is 5.74. The zero-order chi connectivity index (χ0) is 19.7. The molecule has 3 N–H and O–H groups in total. The first-order chi connectivity index (χ1) is 13.5. The topological polar surface area (TPSA) is 94.8 Å². The summed E-state index contributed by atoms with van der Waals surface area (Å²) < 4.78 is 8.72. The zero-order valence-corrected chi connectivity index (χ0v) is 18.6. The van der Waals surface area contributed by atoms with Crippen LogP contribution in [0.25, 0.3) is 22.1 Å². The molecule has 0 bridgehead atoms. The van der Waals surface area contributed by atoms with Crippen LogP contribution in [0.15, 0.2) is 45.3 Å². The smallest absolute Gasteiger partial charge is 0.175 e. The highest BCUT2D eigenvalue weighted by Crippen LogP contribution is 2.35. The standard InChI is InChI=1S/C19H21IN6OS/c1-11(2)9-22-4-5-26-18-16(17(21)23-10-24-18)25-19(26)28-15-7-12-3-6-27-14(12)8-13(15)20/h3,6-8,10-11,22H,4-5,9H2,1-2H3,(H2,21,23,24). The lowest BCUT2D eigenvalue weighted by molar-refractivity contribution is 0.516. The number of fused-ring (bicyclic) bond motifs is 2. The van der Waals surface area contributed by atoms with E-state index in [9.17, 15) is 0 Å². The molecular formula is C19H21IN6OS. The number of nitrogen functional groups attached to an aromatic ring is 1. The SMILES string of the molecule is CC(C)CNCCn1c(Sc2cc3ccoc3cc2I)nc2c(N)ncnc21. The summed E-state index contributed by atoms with van der Waals surface area (Å²) in [6, 6.07) is 6.14. The maximum absolute atomic E-state index is 6.05. The molecule has 4 aromatic rings. The van der Waals surface area contributed by atoms with Gasteiger partial charge in [0.2, 0.25) is 0 Å². The summed E-state index contributed by atoms with van der Waals surface area (Å²) in [5.74, 6) is 1.01. The van der Waals surface area contributed by atoms with E-state index in [-0.39, 0.29) is 0 Å². The van der Waals surface area contributed by atoms with Crippen LogP contribution < -0.4 is 11.1 Å². The first-order valence-corrected chi connectivity index (χ1v) is 10.9. The maximum Gasteiger partial charge on any atom is 0.175 e. The lowest BCUT2D eigenvalue weighted by atomic mass is 10.2. The van der Waals surface area contributed by atoms with E-state index in [1.807, 2.05) is 12.1 Å². The van der Waals surface area contributed by atoms with Crippen molar-refractivity contribution in [3.05, 3.63) is 34.4 Å². The van der Waals surface area contributed by atoms with Crippen LogP contribution in [0.3, 0.4) is 0 Å². The van der Waals surface area contributed by atoms with Crippen LogP contribution in [0.5, 0.6) is 0 Å². The first-order valence-electron chi connectivity index (χ1n) is 9.05. The summed E-state index contributed by atoms with van der Waals surface area (Å²) in [6.45, 7) is 6.96. The third-order valence-electron chi connectivity index (χ3n) is 4.30. The monoisotopic (exact) mass is 508 g/mol. The minimum absolute atomic E-state index is 0.403. The Labute approximate surface area is 180 Å². The number of benzene rings is 1. The molecule has 0 aliphatic rings. The fourth-order valence-corrected chi connectivity index (χ4v) is 4.67.